The number of nitrogens with zero attached hydrogens (tertiary/aromatic N) is 2. The van der Waals surface area contributed by atoms with E-state index >= 15 is 0 Å². The van der Waals surface area contributed by atoms with E-state index in [1.165, 1.54) is 18.9 Å². The third-order valence-electron chi connectivity index (χ3n) is 5.16. The number of carbonyl (C=O) groups excluding carboxylic acids is 3. The van der Waals surface area contributed by atoms with Crippen LogP contribution < -0.4 is 10.1 Å². The fourth-order valence-corrected chi connectivity index (χ4v) is 3.57. The van der Waals surface area contributed by atoms with E-state index in [1.807, 2.05) is 25.1 Å². The maximum atomic E-state index is 12.7. The zero-order chi connectivity index (χ0) is 24.2. The largest absolute Gasteiger partial charge is 0.446 e. The first kappa shape index (κ1) is 22.7. The van der Waals surface area contributed by atoms with Crippen molar-refractivity contribution in [1.82, 2.24) is 5.01 Å². The van der Waals surface area contributed by atoms with E-state index in [-0.39, 0.29) is 23.5 Å². The van der Waals surface area contributed by atoms with Crippen molar-refractivity contribution in [2.24, 2.45) is 5.10 Å². The Hall–Kier alpha value is -4.46. The molecule has 3 aromatic rings. The second-order valence-electron chi connectivity index (χ2n) is 7.72. The summed E-state index contributed by atoms with van der Waals surface area (Å²) >= 11 is 0. The molecule has 34 heavy (non-hydrogen) atoms. The molecule has 0 bridgehead atoms. The lowest BCUT2D eigenvalue weighted by Crippen LogP contribution is -2.25. The van der Waals surface area contributed by atoms with Crippen molar-refractivity contribution in [2.75, 3.05) is 5.32 Å². The number of ether oxygens (including phenoxy) is 2. The van der Waals surface area contributed by atoms with Crippen LogP contribution in [0, 0.1) is 6.92 Å². The number of aryl methyl sites for hydroxylation is 1. The van der Waals surface area contributed by atoms with Crippen molar-refractivity contribution < 1.29 is 23.9 Å². The molecule has 0 saturated carbocycles. The SMILES string of the molecule is CC(=O)Oc1ccccc1C1=NN(C(C)=O)[C@H](c2cccc(NC(=O)c3ccccc3C)c2)O1. The molecule has 1 aliphatic heterocycles. The fraction of sp³-hybridized carbons (Fsp3) is 0.154. The number of para-hydroxylation sites is 1. The van der Waals surface area contributed by atoms with Gasteiger partial charge in [-0.15, -0.1) is 5.10 Å². The Labute approximate surface area is 196 Å². The van der Waals surface area contributed by atoms with Gasteiger partial charge in [0.05, 0.1) is 5.56 Å². The Morgan fingerprint density at radius 1 is 0.971 bits per heavy atom. The summed E-state index contributed by atoms with van der Waals surface area (Å²) in [6, 6.07) is 21.1. The zero-order valence-electron chi connectivity index (χ0n) is 18.9. The minimum atomic E-state index is -0.854. The molecule has 3 aromatic carbocycles. The van der Waals surface area contributed by atoms with E-state index in [4.69, 9.17) is 9.47 Å². The molecule has 1 atom stereocenters. The summed E-state index contributed by atoms with van der Waals surface area (Å²) in [5, 5.41) is 8.43. The molecule has 8 nitrogen and oxygen atoms in total. The Morgan fingerprint density at radius 2 is 1.71 bits per heavy atom. The minimum absolute atomic E-state index is 0.145. The average molecular weight is 457 g/mol. The fourth-order valence-electron chi connectivity index (χ4n) is 3.57. The Balaban J connectivity index is 1.60. The van der Waals surface area contributed by atoms with Crippen molar-refractivity contribution in [3.63, 3.8) is 0 Å². The lowest BCUT2D eigenvalue weighted by atomic mass is 10.1. The number of carbonyl (C=O) groups is 3. The third-order valence-corrected chi connectivity index (χ3v) is 5.16. The summed E-state index contributed by atoms with van der Waals surface area (Å²) < 4.78 is 11.3. The number of nitrogens with one attached hydrogen (secondary N) is 1. The maximum absolute atomic E-state index is 12.7. The third kappa shape index (κ3) is 4.80. The first-order valence-electron chi connectivity index (χ1n) is 10.6. The van der Waals surface area contributed by atoms with Crippen LogP contribution in [0.25, 0.3) is 0 Å². The monoisotopic (exact) mass is 457 g/mol. The predicted molar refractivity (Wildman–Crippen MR) is 126 cm³/mol. The van der Waals surface area contributed by atoms with Crippen LogP contribution in [0.15, 0.2) is 77.9 Å². The molecule has 172 valence electrons. The van der Waals surface area contributed by atoms with Crippen molar-refractivity contribution >= 4 is 29.4 Å². The van der Waals surface area contributed by atoms with Crippen LogP contribution in [-0.4, -0.2) is 28.7 Å². The quantitative estimate of drug-likeness (QED) is 0.452. The second kappa shape index (κ2) is 9.58. The molecule has 0 saturated heterocycles. The number of anilines is 1. The van der Waals surface area contributed by atoms with Gasteiger partial charge in [-0.25, -0.2) is 0 Å². The van der Waals surface area contributed by atoms with Gasteiger partial charge in [0, 0.05) is 30.7 Å². The van der Waals surface area contributed by atoms with Crippen molar-refractivity contribution in [3.05, 3.63) is 95.1 Å². The van der Waals surface area contributed by atoms with Crippen LogP contribution in [0.1, 0.15) is 47.1 Å². The van der Waals surface area contributed by atoms with Crippen LogP contribution >= 0.6 is 0 Å². The molecule has 0 aliphatic carbocycles. The number of rotatable bonds is 5. The van der Waals surface area contributed by atoms with Gasteiger partial charge in [0.1, 0.15) is 5.75 Å². The molecular weight excluding hydrogens is 434 g/mol. The van der Waals surface area contributed by atoms with Crippen LogP contribution in [0.3, 0.4) is 0 Å². The number of hydrazone groups is 1. The van der Waals surface area contributed by atoms with Crippen LogP contribution in [0.5, 0.6) is 5.75 Å². The minimum Gasteiger partial charge on any atom is -0.446 e. The number of hydrogen-bond acceptors (Lipinski definition) is 6. The molecule has 2 amide bonds. The van der Waals surface area contributed by atoms with Gasteiger partial charge in [-0.3, -0.25) is 14.4 Å². The van der Waals surface area contributed by atoms with Crippen LogP contribution in [0.2, 0.25) is 0 Å². The predicted octanol–water partition coefficient (Wildman–Crippen LogP) is 4.41. The van der Waals surface area contributed by atoms with Gasteiger partial charge in [0.15, 0.2) is 0 Å². The molecule has 0 fully saturated rings. The molecule has 4 rings (SSSR count). The summed E-state index contributed by atoms with van der Waals surface area (Å²) in [5.74, 6) is -0.635. The number of hydrogen-bond donors (Lipinski definition) is 1. The van der Waals surface area contributed by atoms with E-state index in [9.17, 15) is 14.4 Å². The van der Waals surface area contributed by atoms with Gasteiger partial charge in [0.2, 0.25) is 18.0 Å². The van der Waals surface area contributed by atoms with Gasteiger partial charge in [-0.1, -0.05) is 42.5 Å². The van der Waals surface area contributed by atoms with Crippen molar-refractivity contribution in [2.45, 2.75) is 27.0 Å². The summed E-state index contributed by atoms with van der Waals surface area (Å²) in [5.41, 5.74) is 3.04. The van der Waals surface area contributed by atoms with Gasteiger partial charge in [0.25, 0.3) is 5.91 Å². The first-order valence-corrected chi connectivity index (χ1v) is 10.6. The van der Waals surface area contributed by atoms with Crippen LogP contribution in [0.4, 0.5) is 5.69 Å². The van der Waals surface area contributed by atoms with Crippen molar-refractivity contribution in [3.8, 4) is 5.75 Å². The number of esters is 1. The lowest BCUT2D eigenvalue weighted by molar-refractivity contribution is -0.135. The van der Waals surface area contributed by atoms with Crippen LogP contribution in [-0.2, 0) is 14.3 Å². The van der Waals surface area contributed by atoms with Gasteiger partial charge in [-0.05, 0) is 42.8 Å². The smallest absolute Gasteiger partial charge is 0.308 e. The highest BCUT2D eigenvalue weighted by Crippen LogP contribution is 2.33. The molecular formula is C26H23N3O5. The van der Waals surface area contributed by atoms with Gasteiger partial charge >= 0.3 is 5.97 Å². The average Bonchev–Trinajstić information content (AvgIpc) is 3.25. The molecule has 1 N–H and O–H groups in total. The molecule has 8 heteroatoms. The summed E-state index contributed by atoms with van der Waals surface area (Å²) in [6.07, 6.45) is -0.854. The molecule has 0 spiro atoms. The van der Waals surface area contributed by atoms with E-state index < -0.39 is 12.2 Å². The van der Waals surface area contributed by atoms with E-state index in [0.717, 1.165) is 5.56 Å². The first-order chi connectivity index (χ1) is 16.3. The highest BCUT2D eigenvalue weighted by Gasteiger charge is 2.34. The van der Waals surface area contributed by atoms with Crippen molar-refractivity contribution in [1.29, 1.82) is 0 Å². The highest BCUT2D eigenvalue weighted by atomic mass is 16.5. The lowest BCUT2D eigenvalue weighted by Gasteiger charge is -2.20. The van der Waals surface area contributed by atoms with Gasteiger partial charge in [-0.2, -0.15) is 5.01 Å². The molecule has 0 aromatic heterocycles. The summed E-state index contributed by atoms with van der Waals surface area (Å²) in [4.78, 5) is 36.6. The Kier molecular flexibility index (Phi) is 6.40. The molecule has 1 heterocycles. The Bertz CT molecular complexity index is 1300. The summed E-state index contributed by atoms with van der Waals surface area (Å²) in [7, 11) is 0. The standard InChI is InChI=1S/C26H23N3O5/c1-16-9-4-5-12-21(16)24(32)27-20-11-8-10-19(15-20)26-29(17(2)30)28-25(34-26)22-13-6-7-14-23(22)33-18(3)31/h4-15,26H,1-3H3,(H,27,32)/t26-/m0/s1. The molecule has 0 radical (unpaired) electrons. The number of benzene rings is 3. The van der Waals surface area contributed by atoms with Gasteiger partial charge < -0.3 is 14.8 Å². The normalized spacial score (nSPS) is 14.7. The zero-order valence-corrected chi connectivity index (χ0v) is 18.9. The number of amides is 2. The highest BCUT2D eigenvalue weighted by molar-refractivity contribution is 6.05. The van der Waals surface area contributed by atoms with E-state index in [1.54, 1.807) is 54.6 Å². The van der Waals surface area contributed by atoms with E-state index in [0.29, 0.717) is 22.4 Å². The summed E-state index contributed by atoms with van der Waals surface area (Å²) in [6.45, 7) is 4.55. The molecule has 1 aliphatic rings. The topological polar surface area (TPSA) is 97.3 Å². The van der Waals surface area contributed by atoms with E-state index in [2.05, 4.69) is 10.4 Å². The Morgan fingerprint density at radius 3 is 2.44 bits per heavy atom. The molecule has 0 unspecified atom stereocenters. The second-order valence-corrected chi connectivity index (χ2v) is 7.72. The maximum Gasteiger partial charge on any atom is 0.308 e.